The zero-order chi connectivity index (χ0) is 52.0. The third kappa shape index (κ3) is 12.8. The highest BCUT2D eigenvalue weighted by atomic mass is 32.1. The molecule has 8 atom stereocenters. The van der Waals surface area contributed by atoms with Crippen LogP contribution in [0.25, 0.3) is 10.4 Å². The number of likely N-dealkylation sites (tertiary alicyclic amines) is 1. The lowest BCUT2D eigenvalue weighted by molar-refractivity contribution is -0.144. The summed E-state index contributed by atoms with van der Waals surface area (Å²) < 4.78 is 6.31. The average molecular weight is 1010 g/mol. The molecule has 3 aliphatic heterocycles. The van der Waals surface area contributed by atoms with Gasteiger partial charge in [-0.1, -0.05) is 81.4 Å². The van der Waals surface area contributed by atoms with Crippen LogP contribution < -0.4 is 32.3 Å². The number of primary amides is 1. The van der Waals surface area contributed by atoms with E-state index in [2.05, 4.69) is 27.0 Å². The van der Waals surface area contributed by atoms with Gasteiger partial charge in [-0.05, 0) is 111 Å². The topological polar surface area (TPSA) is 239 Å². The fourth-order valence-corrected chi connectivity index (χ4v) is 11.0. The van der Waals surface area contributed by atoms with Gasteiger partial charge in [0.15, 0.2) is 0 Å². The Bertz CT molecular complexity index is 2630. The van der Waals surface area contributed by atoms with E-state index in [0.29, 0.717) is 25.7 Å². The number of anilines is 1. The van der Waals surface area contributed by atoms with E-state index in [1.54, 1.807) is 16.2 Å². The third-order valence-corrected chi connectivity index (χ3v) is 15.4. The first-order valence-corrected chi connectivity index (χ1v) is 26.1. The Kier molecular flexibility index (Phi) is 17.4. The molecule has 72 heavy (non-hydrogen) atoms. The molecular formula is C55H72N8O8S. The molecule has 3 aromatic carbocycles. The molecule has 0 saturated carbocycles. The van der Waals surface area contributed by atoms with Crippen molar-refractivity contribution in [3.8, 4) is 10.4 Å². The van der Waals surface area contributed by atoms with Crippen molar-refractivity contribution in [1.29, 1.82) is 0 Å². The highest BCUT2D eigenvalue weighted by Gasteiger charge is 2.46. The van der Waals surface area contributed by atoms with Crippen molar-refractivity contribution < 1.29 is 38.6 Å². The summed E-state index contributed by atoms with van der Waals surface area (Å²) in [6.07, 6.45) is 2.79. The number of aryl methyl sites for hydroxylation is 4. The van der Waals surface area contributed by atoms with Crippen LogP contribution in [0.15, 0.2) is 66.2 Å². The lowest BCUT2D eigenvalue weighted by Crippen LogP contribution is -2.57. The molecule has 3 aliphatic rings. The van der Waals surface area contributed by atoms with Crippen LogP contribution in [0.4, 0.5) is 5.69 Å². The molecule has 7 rings (SSSR count). The van der Waals surface area contributed by atoms with Gasteiger partial charge in [0.1, 0.15) is 18.1 Å². The van der Waals surface area contributed by atoms with Crippen LogP contribution in [-0.4, -0.2) is 99.4 Å². The second kappa shape index (κ2) is 23.2. The van der Waals surface area contributed by atoms with Gasteiger partial charge in [-0.3, -0.25) is 33.7 Å². The van der Waals surface area contributed by atoms with Gasteiger partial charge in [-0.2, -0.15) is 0 Å². The third-order valence-electron chi connectivity index (χ3n) is 14.4. The van der Waals surface area contributed by atoms with Crippen molar-refractivity contribution >= 4 is 52.5 Å². The van der Waals surface area contributed by atoms with E-state index in [9.17, 15) is 33.9 Å². The number of nitrogens with one attached hydrogen (secondary N) is 3. The van der Waals surface area contributed by atoms with Gasteiger partial charge in [-0.25, -0.2) is 4.98 Å². The molecule has 0 spiro atoms. The van der Waals surface area contributed by atoms with Gasteiger partial charge >= 0.3 is 0 Å². The number of amides is 6. The molecule has 1 fully saturated rings. The van der Waals surface area contributed by atoms with E-state index in [0.717, 1.165) is 68.0 Å². The number of thiazole rings is 1. The number of aromatic nitrogens is 1. The summed E-state index contributed by atoms with van der Waals surface area (Å²) in [6, 6.07) is 15.7. The lowest BCUT2D eigenvalue weighted by atomic mass is 9.85. The zero-order valence-electron chi connectivity index (χ0n) is 42.7. The fraction of sp³-hybridized carbons (Fsp3) is 0.509. The van der Waals surface area contributed by atoms with Crippen LogP contribution in [0.5, 0.6) is 0 Å². The number of hydrogen-bond acceptors (Lipinski definition) is 11. The second-order valence-corrected chi connectivity index (χ2v) is 21.8. The maximum Gasteiger partial charge on any atom is 0.246 e. The number of hydrogen-bond donors (Lipinski definition) is 6. The Hall–Kier alpha value is -6.01. The average Bonchev–Trinajstić information content (AvgIpc) is 4.06. The molecule has 0 bridgehead atoms. The smallest absolute Gasteiger partial charge is 0.246 e. The first kappa shape index (κ1) is 53.8. The minimum absolute atomic E-state index is 0.00806. The Morgan fingerprint density at radius 1 is 0.931 bits per heavy atom. The molecule has 0 radical (unpaired) electrons. The highest BCUT2D eigenvalue weighted by Crippen LogP contribution is 2.39. The van der Waals surface area contributed by atoms with Gasteiger partial charge in [0.05, 0.1) is 58.7 Å². The number of β-amino-alcohol motifs (C(OH)–C–C–N with tert-alkyl or cyclic N) is 1. The Morgan fingerprint density at radius 2 is 1.65 bits per heavy atom. The summed E-state index contributed by atoms with van der Waals surface area (Å²) in [5.41, 5.74) is 21.7. The quantitative estimate of drug-likeness (QED) is 0.0617. The Balaban J connectivity index is 0.883. The van der Waals surface area contributed by atoms with E-state index in [4.69, 9.17) is 16.2 Å². The largest absolute Gasteiger partial charge is 0.391 e. The minimum Gasteiger partial charge on any atom is -0.391 e. The van der Waals surface area contributed by atoms with Crippen molar-refractivity contribution in [2.45, 2.75) is 168 Å². The first-order valence-electron chi connectivity index (χ1n) is 25.3. The van der Waals surface area contributed by atoms with Crippen LogP contribution >= 0.6 is 11.3 Å². The summed E-state index contributed by atoms with van der Waals surface area (Å²) >= 11 is 1.57. The van der Waals surface area contributed by atoms with Crippen LogP contribution in [0.1, 0.15) is 125 Å². The van der Waals surface area contributed by atoms with Crippen LogP contribution in [0.2, 0.25) is 0 Å². The number of ether oxygens (including phenoxy) is 1. The van der Waals surface area contributed by atoms with Gasteiger partial charge in [-0.15, -0.1) is 11.3 Å². The molecule has 16 nitrogen and oxygen atoms in total. The molecule has 1 unspecified atom stereocenters. The fourth-order valence-electron chi connectivity index (χ4n) is 10.2. The summed E-state index contributed by atoms with van der Waals surface area (Å²) in [5, 5.41) is 19.8. The normalized spacial score (nSPS) is 20.3. The molecule has 0 aliphatic carbocycles. The van der Waals surface area contributed by atoms with E-state index in [-0.39, 0.29) is 68.5 Å². The number of aliphatic hydroxyl groups excluding tert-OH is 1. The van der Waals surface area contributed by atoms with Gasteiger partial charge in [0, 0.05) is 32.2 Å². The maximum atomic E-state index is 14.2. The molecule has 1 aromatic heterocycles. The SMILES string of the molecule is Cc1cc(CO[C@H](C)[C@H](CCC(N)=O)NC(=O)[C@@H]2Cc3cccc4c3N2C(=O)[C@@H](N)CC4)ccc1CCCCC(=O)NC(C(=O)N1C[C@H](O)C[C@H]1C(=O)N[C@@H](C)c1ccc(-c2scnc2C)cc1)C(C)(C)C. The molecule has 4 heterocycles. The number of rotatable bonds is 20. The molecule has 8 N–H and O–H groups in total. The van der Waals surface area contributed by atoms with Gasteiger partial charge in [0.2, 0.25) is 35.4 Å². The van der Waals surface area contributed by atoms with Gasteiger partial charge in [0.25, 0.3) is 0 Å². The molecule has 386 valence electrons. The van der Waals surface area contributed by atoms with Crippen molar-refractivity contribution in [2.24, 2.45) is 16.9 Å². The number of aliphatic hydroxyl groups is 1. The molecular weight excluding hydrogens is 933 g/mol. The monoisotopic (exact) mass is 1000 g/mol. The van der Waals surface area contributed by atoms with Crippen LogP contribution in [0, 0.1) is 19.3 Å². The van der Waals surface area contributed by atoms with E-state index < -0.39 is 59.6 Å². The predicted molar refractivity (Wildman–Crippen MR) is 277 cm³/mol. The van der Waals surface area contributed by atoms with E-state index in [1.807, 2.05) is 109 Å². The number of nitrogens with two attached hydrogens (primary N) is 2. The van der Waals surface area contributed by atoms with Crippen LogP contribution in [-0.2, 0) is 59.4 Å². The number of para-hydroxylation sites is 1. The maximum absolute atomic E-state index is 14.2. The Morgan fingerprint density at radius 3 is 2.33 bits per heavy atom. The highest BCUT2D eigenvalue weighted by molar-refractivity contribution is 7.13. The predicted octanol–water partition coefficient (Wildman–Crippen LogP) is 5.40. The molecule has 6 amide bonds. The summed E-state index contributed by atoms with van der Waals surface area (Å²) in [5.74, 6) is -2.13. The number of benzene rings is 3. The minimum atomic E-state index is -0.918. The molecule has 1 saturated heterocycles. The number of unbranched alkanes of at least 4 members (excludes halogenated alkanes) is 1. The lowest BCUT2D eigenvalue weighted by Gasteiger charge is -2.35. The number of carbonyl (C=O) groups is 6. The van der Waals surface area contributed by atoms with Crippen molar-refractivity contribution in [3.05, 3.63) is 105 Å². The zero-order valence-corrected chi connectivity index (χ0v) is 43.5. The summed E-state index contributed by atoms with van der Waals surface area (Å²) in [6.45, 7) is 13.6. The van der Waals surface area contributed by atoms with Crippen molar-refractivity contribution in [3.63, 3.8) is 0 Å². The molecule has 17 heteroatoms. The van der Waals surface area contributed by atoms with Crippen molar-refractivity contribution in [1.82, 2.24) is 25.8 Å². The summed E-state index contributed by atoms with van der Waals surface area (Å²) in [4.78, 5) is 89.1. The van der Waals surface area contributed by atoms with E-state index >= 15 is 0 Å². The molecule has 4 aromatic rings. The number of nitrogens with zero attached hydrogens (tertiary/aromatic N) is 3. The Labute approximate surface area is 427 Å². The second-order valence-electron chi connectivity index (χ2n) is 21.0. The van der Waals surface area contributed by atoms with Gasteiger partial charge < -0.3 is 42.2 Å². The first-order chi connectivity index (χ1) is 34.2. The van der Waals surface area contributed by atoms with Crippen molar-refractivity contribution in [2.75, 3.05) is 11.4 Å². The van der Waals surface area contributed by atoms with Crippen LogP contribution in [0.3, 0.4) is 0 Å². The standard InChI is InChI=1S/C55H72N8O8S/c1-31-25-35(29-71-34(4)43(23-24-46(57)65)60-52(68)45-26-40-13-10-12-38-21-22-42(56)53(69)63(45)48(38)40)15-16-36(31)11-8-9-14-47(66)61-50(55(5,6)7)54(70)62-28-41(64)27-44(62)51(67)59-32(2)37-17-19-39(20-18-37)49-33(3)58-30-72-49/h10,12-13,15-20,25,30,32,34,41-45,50,64H,8-9,11,14,21-24,26-29,56H2,1-7H3,(H2,57,65)(H,59,67)(H,60,68)(H,61,66)/t32-,34+,41+,42-,43-,44-,45-,50?/m0/s1. The number of carbonyl (C=O) groups excluding carboxylic acids is 6. The summed E-state index contributed by atoms with van der Waals surface area (Å²) in [7, 11) is 0. The van der Waals surface area contributed by atoms with E-state index in [1.165, 1.54) is 4.90 Å².